The summed E-state index contributed by atoms with van der Waals surface area (Å²) in [6.45, 7) is 6.14. The van der Waals surface area contributed by atoms with Crippen LogP contribution in [0.5, 0.6) is 0 Å². The summed E-state index contributed by atoms with van der Waals surface area (Å²) in [5.74, 6) is 1.30. The van der Waals surface area contributed by atoms with Crippen LogP contribution in [0.25, 0.3) is 10.9 Å². The van der Waals surface area contributed by atoms with Gasteiger partial charge >= 0.3 is 0 Å². The molecular weight excluding hydrogens is 334 g/mol. The molecule has 5 nitrogen and oxygen atoms in total. The van der Waals surface area contributed by atoms with E-state index in [9.17, 15) is 0 Å². The van der Waals surface area contributed by atoms with Crippen LogP contribution < -0.4 is 10.6 Å². The number of anilines is 4. The number of nitrogens with one attached hydrogen (secondary N) is 2. The summed E-state index contributed by atoms with van der Waals surface area (Å²) in [6, 6.07) is 18.2. The van der Waals surface area contributed by atoms with E-state index in [1.807, 2.05) is 43.3 Å². The van der Waals surface area contributed by atoms with Gasteiger partial charge in [-0.15, -0.1) is 0 Å². The Balaban J connectivity index is 1.68. The van der Waals surface area contributed by atoms with E-state index in [1.165, 1.54) is 11.1 Å². The second kappa shape index (κ2) is 7.03. The first-order valence-corrected chi connectivity index (χ1v) is 8.90. The molecule has 0 aliphatic heterocycles. The van der Waals surface area contributed by atoms with Crippen molar-refractivity contribution in [1.29, 1.82) is 0 Å². The Morgan fingerprint density at radius 3 is 2.33 bits per heavy atom. The smallest absolute Gasteiger partial charge is 0.229 e. The Labute approximate surface area is 158 Å². The fraction of sp³-hybridized carbons (Fsp3) is 0.136. The quantitative estimate of drug-likeness (QED) is 0.510. The number of pyridine rings is 1. The molecule has 4 aromatic rings. The van der Waals surface area contributed by atoms with Crippen molar-refractivity contribution in [2.75, 3.05) is 10.6 Å². The molecule has 0 fully saturated rings. The highest BCUT2D eigenvalue weighted by Gasteiger charge is 2.08. The van der Waals surface area contributed by atoms with Gasteiger partial charge in [-0.05, 0) is 44.0 Å². The molecule has 27 heavy (non-hydrogen) atoms. The molecule has 2 aromatic heterocycles. The van der Waals surface area contributed by atoms with Crippen molar-refractivity contribution < 1.29 is 0 Å². The largest absolute Gasteiger partial charge is 0.340 e. The van der Waals surface area contributed by atoms with Crippen LogP contribution in [0.1, 0.15) is 16.8 Å². The van der Waals surface area contributed by atoms with Gasteiger partial charge in [-0.25, -0.2) is 4.98 Å². The Bertz CT molecular complexity index is 1100. The zero-order chi connectivity index (χ0) is 18.8. The van der Waals surface area contributed by atoms with Gasteiger partial charge in [-0.3, -0.25) is 4.98 Å². The molecule has 0 radical (unpaired) electrons. The molecule has 0 atom stereocenters. The Morgan fingerprint density at radius 1 is 0.778 bits per heavy atom. The van der Waals surface area contributed by atoms with E-state index in [1.54, 1.807) is 6.20 Å². The normalized spacial score (nSPS) is 10.8. The second-order valence-corrected chi connectivity index (χ2v) is 6.62. The van der Waals surface area contributed by atoms with Crippen molar-refractivity contribution in [3.05, 3.63) is 77.6 Å². The van der Waals surface area contributed by atoms with Gasteiger partial charge < -0.3 is 10.6 Å². The first kappa shape index (κ1) is 17.0. The Morgan fingerprint density at radius 2 is 1.52 bits per heavy atom. The molecule has 2 N–H and O–H groups in total. The molecule has 0 spiro atoms. The van der Waals surface area contributed by atoms with E-state index in [0.29, 0.717) is 5.95 Å². The van der Waals surface area contributed by atoms with E-state index < -0.39 is 0 Å². The number of para-hydroxylation sites is 2. The molecule has 0 saturated heterocycles. The molecule has 4 rings (SSSR count). The maximum Gasteiger partial charge on any atom is 0.229 e. The molecule has 0 saturated carbocycles. The van der Waals surface area contributed by atoms with Crippen LogP contribution >= 0.6 is 0 Å². The lowest BCUT2D eigenvalue weighted by Crippen LogP contribution is -2.04. The van der Waals surface area contributed by atoms with Crippen LogP contribution in [0.3, 0.4) is 0 Å². The molecule has 2 heterocycles. The minimum atomic E-state index is 0.543. The zero-order valence-corrected chi connectivity index (χ0v) is 15.6. The first-order valence-electron chi connectivity index (χ1n) is 8.90. The molecule has 5 heteroatoms. The highest BCUT2D eigenvalue weighted by molar-refractivity contribution is 5.91. The van der Waals surface area contributed by atoms with E-state index in [4.69, 9.17) is 0 Å². The van der Waals surface area contributed by atoms with E-state index in [-0.39, 0.29) is 0 Å². The topological polar surface area (TPSA) is 62.7 Å². The van der Waals surface area contributed by atoms with Gasteiger partial charge in [-0.1, -0.05) is 36.4 Å². The van der Waals surface area contributed by atoms with Crippen LogP contribution in [0.15, 0.2) is 60.8 Å². The van der Waals surface area contributed by atoms with Crippen LogP contribution in [0.2, 0.25) is 0 Å². The van der Waals surface area contributed by atoms with Crippen molar-refractivity contribution in [2.45, 2.75) is 20.8 Å². The number of rotatable bonds is 4. The highest BCUT2D eigenvalue weighted by Crippen LogP contribution is 2.26. The summed E-state index contributed by atoms with van der Waals surface area (Å²) in [5.41, 5.74) is 6.10. The maximum absolute atomic E-state index is 4.65. The average Bonchev–Trinajstić information content (AvgIpc) is 2.65. The third-order valence-corrected chi connectivity index (χ3v) is 4.47. The van der Waals surface area contributed by atoms with Crippen LogP contribution in [-0.4, -0.2) is 15.0 Å². The number of aromatic nitrogens is 3. The average molecular weight is 355 g/mol. The number of aryl methyl sites for hydroxylation is 3. The fourth-order valence-electron chi connectivity index (χ4n) is 3.15. The minimum absolute atomic E-state index is 0.543. The van der Waals surface area contributed by atoms with Gasteiger partial charge in [0, 0.05) is 29.0 Å². The number of benzene rings is 2. The third-order valence-electron chi connectivity index (χ3n) is 4.47. The van der Waals surface area contributed by atoms with Gasteiger partial charge in [0.25, 0.3) is 0 Å². The SMILES string of the molecule is Cc1cc(Nc2c(C)cccc2C)nc(Nc2cccc3cccnc23)n1. The summed E-state index contributed by atoms with van der Waals surface area (Å²) in [6.07, 6.45) is 1.79. The monoisotopic (exact) mass is 355 g/mol. The summed E-state index contributed by atoms with van der Waals surface area (Å²) in [4.78, 5) is 13.7. The fourth-order valence-corrected chi connectivity index (χ4v) is 3.15. The van der Waals surface area contributed by atoms with Crippen molar-refractivity contribution >= 4 is 34.0 Å². The van der Waals surface area contributed by atoms with Crippen LogP contribution in [0.4, 0.5) is 23.1 Å². The summed E-state index contributed by atoms with van der Waals surface area (Å²) >= 11 is 0. The van der Waals surface area contributed by atoms with Gasteiger partial charge in [0.05, 0.1) is 11.2 Å². The molecular formula is C22H21N5. The van der Waals surface area contributed by atoms with Crippen molar-refractivity contribution in [3.8, 4) is 0 Å². The van der Waals surface area contributed by atoms with Crippen molar-refractivity contribution in [1.82, 2.24) is 15.0 Å². The second-order valence-electron chi connectivity index (χ2n) is 6.62. The van der Waals surface area contributed by atoms with E-state index >= 15 is 0 Å². The number of fused-ring (bicyclic) bond motifs is 1. The van der Waals surface area contributed by atoms with Gasteiger partial charge in [0.15, 0.2) is 0 Å². The van der Waals surface area contributed by atoms with Crippen LogP contribution in [-0.2, 0) is 0 Å². The molecule has 0 unspecified atom stereocenters. The zero-order valence-electron chi connectivity index (χ0n) is 15.6. The van der Waals surface area contributed by atoms with Gasteiger partial charge in [-0.2, -0.15) is 4.98 Å². The maximum atomic E-state index is 4.65. The summed E-state index contributed by atoms with van der Waals surface area (Å²) in [7, 11) is 0. The molecule has 0 aliphatic carbocycles. The molecule has 134 valence electrons. The lowest BCUT2D eigenvalue weighted by atomic mass is 10.1. The summed E-state index contributed by atoms with van der Waals surface area (Å²) < 4.78 is 0. The van der Waals surface area contributed by atoms with E-state index in [2.05, 4.69) is 57.6 Å². The van der Waals surface area contributed by atoms with E-state index in [0.717, 1.165) is 33.8 Å². The van der Waals surface area contributed by atoms with Crippen molar-refractivity contribution in [2.24, 2.45) is 0 Å². The molecule has 0 amide bonds. The molecule has 0 aliphatic rings. The third kappa shape index (κ3) is 3.58. The summed E-state index contributed by atoms with van der Waals surface area (Å²) in [5, 5.41) is 7.83. The number of hydrogen-bond donors (Lipinski definition) is 2. The molecule has 0 bridgehead atoms. The van der Waals surface area contributed by atoms with Gasteiger partial charge in [0.2, 0.25) is 5.95 Å². The predicted molar refractivity (Wildman–Crippen MR) is 111 cm³/mol. The standard InChI is InChI=1S/C22H21N5/c1-14-7-4-8-15(2)20(14)26-19-13-16(3)24-22(27-19)25-18-11-5-9-17-10-6-12-23-21(17)18/h4-13H,1-3H3,(H2,24,25,26,27). The van der Waals surface area contributed by atoms with Gasteiger partial charge in [0.1, 0.15) is 5.82 Å². The Kier molecular flexibility index (Phi) is 4.42. The van der Waals surface area contributed by atoms with Crippen molar-refractivity contribution in [3.63, 3.8) is 0 Å². The lowest BCUT2D eigenvalue weighted by molar-refractivity contribution is 1.11. The highest BCUT2D eigenvalue weighted by atomic mass is 15.1. The van der Waals surface area contributed by atoms with Crippen LogP contribution in [0, 0.1) is 20.8 Å². The minimum Gasteiger partial charge on any atom is -0.340 e. The predicted octanol–water partition coefficient (Wildman–Crippen LogP) is 5.44. The lowest BCUT2D eigenvalue weighted by Gasteiger charge is -2.14. The number of nitrogens with zero attached hydrogens (tertiary/aromatic N) is 3. The first-order chi connectivity index (χ1) is 13.1. The number of hydrogen-bond acceptors (Lipinski definition) is 5. The Hall–Kier alpha value is -3.47. The molecule has 2 aromatic carbocycles.